The molecular weight excluding hydrogens is 186 g/mol. The molecule has 0 aromatic rings. The van der Waals surface area contributed by atoms with Gasteiger partial charge in [0, 0.05) is 12.6 Å². The van der Waals surface area contributed by atoms with Gasteiger partial charge in [-0.05, 0) is 6.54 Å². The number of carbonyl (C=O) groups is 1. The zero-order valence-electron chi connectivity index (χ0n) is 8.35. The van der Waals surface area contributed by atoms with E-state index in [0.29, 0.717) is 13.2 Å². The second-order valence-electron chi connectivity index (χ2n) is 3.40. The van der Waals surface area contributed by atoms with Gasteiger partial charge in [-0.1, -0.05) is 6.92 Å². The summed E-state index contributed by atoms with van der Waals surface area (Å²) >= 11 is 0. The van der Waals surface area contributed by atoms with Crippen LogP contribution in [0.1, 0.15) is 6.92 Å². The highest BCUT2D eigenvalue weighted by Gasteiger charge is 2.37. The lowest BCUT2D eigenvalue weighted by atomic mass is 10.0. The average molecular weight is 203 g/mol. The van der Waals surface area contributed by atoms with Crippen LogP contribution in [0, 0.1) is 5.92 Å². The number of aliphatic carboxylic acids is 1. The van der Waals surface area contributed by atoms with Gasteiger partial charge < -0.3 is 14.9 Å². The first-order valence-electron chi connectivity index (χ1n) is 4.86. The van der Waals surface area contributed by atoms with Gasteiger partial charge in [-0.25, -0.2) is 0 Å². The fourth-order valence-corrected chi connectivity index (χ4v) is 1.83. The van der Waals surface area contributed by atoms with E-state index in [9.17, 15) is 4.79 Å². The van der Waals surface area contributed by atoms with Gasteiger partial charge in [-0.15, -0.1) is 0 Å². The first-order chi connectivity index (χ1) is 6.70. The van der Waals surface area contributed by atoms with Crippen molar-refractivity contribution in [2.24, 2.45) is 5.92 Å². The molecule has 1 heterocycles. The summed E-state index contributed by atoms with van der Waals surface area (Å²) in [4.78, 5) is 12.8. The summed E-state index contributed by atoms with van der Waals surface area (Å²) in [6.45, 7) is 3.98. The van der Waals surface area contributed by atoms with Crippen molar-refractivity contribution in [1.29, 1.82) is 0 Å². The molecule has 2 atom stereocenters. The van der Waals surface area contributed by atoms with Gasteiger partial charge in [0.15, 0.2) is 0 Å². The topological polar surface area (TPSA) is 70.0 Å². The third kappa shape index (κ3) is 2.43. The second-order valence-corrected chi connectivity index (χ2v) is 3.40. The Morgan fingerprint density at radius 2 is 2.29 bits per heavy atom. The molecular formula is C9H17NO4. The first-order valence-corrected chi connectivity index (χ1v) is 4.86. The number of hydrogen-bond donors (Lipinski definition) is 2. The van der Waals surface area contributed by atoms with Crippen LogP contribution in [0.15, 0.2) is 0 Å². The summed E-state index contributed by atoms with van der Waals surface area (Å²) in [7, 11) is 0. The van der Waals surface area contributed by atoms with Gasteiger partial charge in [0.2, 0.25) is 0 Å². The molecule has 0 aromatic carbocycles. The van der Waals surface area contributed by atoms with Crippen LogP contribution < -0.4 is 0 Å². The lowest BCUT2D eigenvalue weighted by molar-refractivity contribution is -0.143. The van der Waals surface area contributed by atoms with Gasteiger partial charge in [-0.2, -0.15) is 0 Å². The van der Waals surface area contributed by atoms with Gasteiger partial charge in [0.25, 0.3) is 0 Å². The number of aliphatic hydroxyl groups is 1. The molecule has 1 aliphatic heterocycles. The number of likely N-dealkylation sites (N-methyl/N-ethyl adjacent to an activating group) is 1. The van der Waals surface area contributed by atoms with Crippen molar-refractivity contribution in [3.8, 4) is 0 Å². The Morgan fingerprint density at radius 1 is 1.57 bits per heavy atom. The van der Waals surface area contributed by atoms with Crippen LogP contribution in [0.4, 0.5) is 0 Å². The van der Waals surface area contributed by atoms with Crippen LogP contribution in [-0.2, 0) is 9.53 Å². The molecule has 5 heteroatoms. The van der Waals surface area contributed by atoms with E-state index in [1.54, 1.807) is 0 Å². The highest BCUT2D eigenvalue weighted by atomic mass is 16.5. The SMILES string of the molecule is CCN(CCO)C1COCC1C(=O)O. The highest BCUT2D eigenvalue weighted by molar-refractivity contribution is 5.71. The van der Waals surface area contributed by atoms with Crippen LogP contribution >= 0.6 is 0 Å². The van der Waals surface area contributed by atoms with Crippen molar-refractivity contribution in [2.75, 3.05) is 32.9 Å². The molecule has 0 bridgehead atoms. The molecule has 2 N–H and O–H groups in total. The van der Waals surface area contributed by atoms with E-state index in [1.807, 2.05) is 11.8 Å². The Bertz CT molecular complexity index is 197. The zero-order chi connectivity index (χ0) is 10.6. The average Bonchev–Trinajstić information content (AvgIpc) is 2.62. The number of aliphatic hydroxyl groups excluding tert-OH is 1. The molecule has 0 aromatic heterocycles. The number of carboxylic acids is 1. The van der Waals surface area contributed by atoms with E-state index >= 15 is 0 Å². The third-order valence-electron chi connectivity index (χ3n) is 2.63. The largest absolute Gasteiger partial charge is 0.481 e. The standard InChI is InChI=1S/C9H17NO4/c1-2-10(3-4-11)8-6-14-5-7(8)9(12)13/h7-8,11H,2-6H2,1H3,(H,12,13). The van der Waals surface area contributed by atoms with E-state index in [2.05, 4.69) is 0 Å². The highest BCUT2D eigenvalue weighted by Crippen LogP contribution is 2.19. The van der Waals surface area contributed by atoms with Gasteiger partial charge >= 0.3 is 5.97 Å². The zero-order valence-corrected chi connectivity index (χ0v) is 8.35. The number of nitrogens with zero attached hydrogens (tertiary/aromatic N) is 1. The summed E-state index contributed by atoms with van der Waals surface area (Å²) in [6, 6.07) is -0.0929. The second kappa shape index (κ2) is 5.29. The third-order valence-corrected chi connectivity index (χ3v) is 2.63. The molecule has 0 aliphatic carbocycles. The van der Waals surface area contributed by atoms with Crippen molar-refractivity contribution < 1.29 is 19.7 Å². The lowest BCUT2D eigenvalue weighted by Crippen LogP contribution is -2.44. The van der Waals surface area contributed by atoms with E-state index in [0.717, 1.165) is 6.54 Å². The fourth-order valence-electron chi connectivity index (χ4n) is 1.83. The molecule has 1 rings (SSSR count). The predicted molar refractivity (Wildman–Crippen MR) is 50.1 cm³/mol. The minimum Gasteiger partial charge on any atom is -0.481 e. The van der Waals surface area contributed by atoms with Crippen molar-refractivity contribution in [2.45, 2.75) is 13.0 Å². The summed E-state index contributed by atoms with van der Waals surface area (Å²) in [5.41, 5.74) is 0. The predicted octanol–water partition coefficient (Wildman–Crippen LogP) is -0.600. The maximum atomic E-state index is 10.9. The number of carboxylic acid groups (broad SMARTS) is 1. The molecule has 0 saturated carbocycles. The Hall–Kier alpha value is -0.650. The van der Waals surface area contributed by atoms with Crippen molar-refractivity contribution in [3.05, 3.63) is 0 Å². The number of rotatable bonds is 5. The first kappa shape index (κ1) is 11.4. The molecule has 0 spiro atoms. The molecule has 0 amide bonds. The lowest BCUT2D eigenvalue weighted by Gasteiger charge is -2.28. The molecule has 0 radical (unpaired) electrons. The molecule has 5 nitrogen and oxygen atoms in total. The number of ether oxygens (including phenoxy) is 1. The van der Waals surface area contributed by atoms with Crippen LogP contribution in [-0.4, -0.2) is 60.0 Å². The van der Waals surface area contributed by atoms with Gasteiger partial charge in [0.05, 0.1) is 25.7 Å². The summed E-state index contributed by atoms with van der Waals surface area (Å²) < 4.78 is 5.16. The van der Waals surface area contributed by atoms with Crippen molar-refractivity contribution >= 4 is 5.97 Å². The Morgan fingerprint density at radius 3 is 2.79 bits per heavy atom. The fraction of sp³-hybridized carbons (Fsp3) is 0.889. The molecule has 1 aliphatic rings. The smallest absolute Gasteiger partial charge is 0.310 e. The van der Waals surface area contributed by atoms with Crippen LogP contribution in [0.25, 0.3) is 0 Å². The van der Waals surface area contributed by atoms with E-state index in [4.69, 9.17) is 14.9 Å². The van der Waals surface area contributed by atoms with Gasteiger partial charge in [-0.3, -0.25) is 9.69 Å². The Labute approximate surface area is 83.3 Å². The maximum Gasteiger partial charge on any atom is 0.310 e. The van der Waals surface area contributed by atoms with Crippen LogP contribution in [0.2, 0.25) is 0 Å². The molecule has 14 heavy (non-hydrogen) atoms. The number of hydrogen-bond acceptors (Lipinski definition) is 4. The van der Waals surface area contributed by atoms with Crippen molar-refractivity contribution in [1.82, 2.24) is 4.90 Å². The monoisotopic (exact) mass is 203 g/mol. The van der Waals surface area contributed by atoms with Crippen LogP contribution in [0.3, 0.4) is 0 Å². The molecule has 2 unspecified atom stereocenters. The summed E-state index contributed by atoms with van der Waals surface area (Å²) in [5.74, 6) is -1.27. The van der Waals surface area contributed by atoms with Crippen LogP contribution in [0.5, 0.6) is 0 Å². The summed E-state index contributed by atoms with van der Waals surface area (Å²) in [6.07, 6.45) is 0. The van der Waals surface area contributed by atoms with Crippen molar-refractivity contribution in [3.63, 3.8) is 0 Å². The quantitative estimate of drug-likeness (QED) is 0.624. The van der Waals surface area contributed by atoms with E-state index < -0.39 is 11.9 Å². The minimum absolute atomic E-state index is 0.0523. The summed E-state index contributed by atoms with van der Waals surface area (Å²) in [5, 5.41) is 17.8. The van der Waals surface area contributed by atoms with E-state index in [1.165, 1.54) is 0 Å². The molecule has 82 valence electrons. The maximum absolute atomic E-state index is 10.9. The van der Waals surface area contributed by atoms with Gasteiger partial charge in [0.1, 0.15) is 0 Å². The van der Waals surface area contributed by atoms with E-state index in [-0.39, 0.29) is 19.3 Å². The molecule has 1 saturated heterocycles. The Kier molecular flexibility index (Phi) is 4.31. The molecule has 1 fully saturated rings. The minimum atomic E-state index is -0.816. The Balaban J connectivity index is 2.59. The normalized spacial score (nSPS) is 27.1.